The number of nitrogens with zero attached hydrogens (tertiary/aromatic N) is 1. The molecule has 1 aromatic rings. The molecule has 0 unspecified atom stereocenters. The molecule has 1 aliphatic carbocycles. The lowest BCUT2D eigenvalue weighted by atomic mass is 10.1. The third kappa shape index (κ3) is 3.72. The van der Waals surface area contributed by atoms with E-state index in [2.05, 4.69) is 10.6 Å². The third-order valence-corrected chi connectivity index (χ3v) is 4.31. The van der Waals surface area contributed by atoms with Gasteiger partial charge in [0.15, 0.2) is 0 Å². The van der Waals surface area contributed by atoms with Crippen LogP contribution in [-0.2, 0) is 14.4 Å². The Labute approximate surface area is 139 Å². The number of carbonyl (C=O) groups is 3. The third-order valence-electron chi connectivity index (χ3n) is 4.31. The van der Waals surface area contributed by atoms with E-state index in [4.69, 9.17) is 0 Å². The number of halogens is 1. The minimum absolute atomic E-state index is 0.0334. The monoisotopic (exact) mass is 333 g/mol. The average molecular weight is 333 g/mol. The predicted octanol–water partition coefficient (Wildman–Crippen LogP) is 0.821. The predicted molar refractivity (Wildman–Crippen MR) is 85.6 cm³/mol. The Balaban J connectivity index is 1.47. The summed E-state index contributed by atoms with van der Waals surface area (Å²) in [6, 6.07) is 6.03. The second-order valence-corrected chi connectivity index (χ2v) is 6.21. The minimum atomic E-state index is -0.503. The molecule has 1 saturated carbocycles. The van der Waals surface area contributed by atoms with Crippen molar-refractivity contribution in [3.05, 3.63) is 30.1 Å². The number of rotatable bonds is 6. The van der Waals surface area contributed by atoms with E-state index in [1.54, 1.807) is 12.1 Å². The van der Waals surface area contributed by atoms with Crippen LogP contribution in [0.2, 0.25) is 0 Å². The molecule has 1 heterocycles. The van der Waals surface area contributed by atoms with E-state index in [9.17, 15) is 18.8 Å². The maximum absolute atomic E-state index is 13.8. The lowest BCUT2D eigenvalue weighted by molar-refractivity contribution is -0.126. The summed E-state index contributed by atoms with van der Waals surface area (Å²) >= 11 is 0. The summed E-state index contributed by atoms with van der Waals surface area (Å²) < 4.78 is 13.8. The largest absolute Gasteiger partial charge is 0.354 e. The van der Waals surface area contributed by atoms with Gasteiger partial charge in [-0.3, -0.25) is 14.4 Å². The van der Waals surface area contributed by atoms with Crippen molar-refractivity contribution in [1.82, 2.24) is 10.6 Å². The van der Waals surface area contributed by atoms with E-state index >= 15 is 0 Å². The first-order valence-corrected chi connectivity index (χ1v) is 8.16. The normalized spacial score (nSPS) is 20.1. The number of amides is 3. The van der Waals surface area contributed by atoms with Crippen molar-refractivity contribution in [2.75, 3.05) is 24.5 Å². The molecule has 0 radical (unpaired) electrons. The van der Waals surface area contributed by atoms with E-state index in [-0.39, 0.29) is 42.3 Å². The van der Waals surface area contributed by atoms with Crippen molar-refractivity contribution in [1.29, 1.82) is 0 Å². The average Bonchev–Trinajstić information content (AvgIpc) is 3.35. The molecule has 0 bridgehead atoms. The molecule has 6 nitrogen and oxygen atoms in total. The first-order chi connectivity index (χ1) is 11.6. The van der Waals surface area contributed by atoms with Gasteiger partial charge in [0.1, 0.15) is 5.82 Å². The van der Waals surface area contributed by atoms with Crippen LogP contribution in [0.25, 0.3) is 0 Å². The van der Waals surface area contributed by atoms with Gasteiger partial charge in [-0.1, -0.05) is 12.1 Å². The molecule has 2 fully saturated rings. The molecule has 1 saturated heterocycles. The molecule has 1 aromatic carbocycles. The van der Waals surface area contributed by atoms with E-state index in [1.165, 1.54) is 17.0 Å². The van der Waals surface area contributed by atoms with Crippen molar-refractivity contribution < 1.29 is 18.8 Å². The molecule has 7 heteroatoms. The van der Waals surface area contributed by atoms with Crippen LogP contribution in [0.5, 0.6) is 0 Å². The number of hydrogen-bond acceptors (Lipinski definition) is 3. The maximum Gasteiger partial charge on any atom is 0.227 e. The number of benzene rings is 1. The van der Waals surface area contributed by atoms with E-state index in [0.717, 1.165) is 12.8 Å². The number of nitrogens with one attached hydrogen (secondary N) is 2. The highest BCUT2D eigenvalue weighted by Crippen LogP contribution is 2.28. The number of para-hydroxylation sites is 1. The summed E-state index contributed by atoms with van der Waals surface area (Å²) in [6.45, 7) is 0.862. The standard InChI is InChI=1S/C17H20FN3O3/c18-13-3-1-2-4-14(13)21-10-12(9-15(21)22)17(24)20-8-7-19-16(23)11-5-6-11/h1-4,11-12H,5-10H2,(H,19,23)(H,20,24)/t12-/m1/s1. The van der Waals surface area contributed by atoms with Crippen molar-refractivity contribution in [3.8, 4) is 0 Å². The Morgan fingerprint density at radius 3 is 2.33 bits per heavy atom. The lowest BCUT2D eigenvalue weighted by Gasteiger charge is -2.17. The van der Waals surface area contributed by atoms with Crippen LogP contribution < -0.4 is 15.5 Å². The van der Waals surface area contributed by atoms with Crippen LogP contribution in [0.3, 0.4) is 0 Å². The Kier molecular flexibility index (Phi) is 4.78. The Morgan fingerprint density at radius 2 is 1.71 bits per heavy atom. The molecule has 3 rings (SSSR count). The summed E-state index contributed by atoms with van der Waals surface area (Å²) in [5.74, 6) is -1.32. The zero-order valence-electron chi connectivity index (χ0n) is 13.3. The van der Waals surface area contributed by atoms with Gasteiger partial charge < -0.3 is 15.5 Å². The van der Waals surface area contributed by atoms with E-state index < -0.39 is 11.7 Å². The second-order valence-electron chi connectivity index (χ2n) is 6.21. The van der Waals surface area contributed by atoms with Crippen molar-refractivity contribution >= 4 is 23.4 Å². The highest BCUT2D eigenvalue weighted by atomic mass is 19.1. The van der Waals surface area contributed by atoms with Crippen LogP contribution in [0.4, 0.5) is 10.1 Å². The second kappa shape index (κ2) is 6.98. The lowest BCUT2D eigenvalue weighted by Crippen LogP contribution is -2.38. The van der Waals surface area contributed by atoms with Crippen LogP contribution in [0.1, 0.15) is 19.3 Å². The molecule has 0 spiro atoms. The fourth-order valence-corrected chi connectivity index (χ4v) is 2.79. The molecule has 2 N–H and O–H groups in total. The summed E-state index contributed by atoms with van der Waals surface area (Å²) in [5.41, 5.74) is 0.203. The maximum atomic E-state index is 13.8. The van der Waals surface area contributed by atoms with Gasteiger partial charge >= 0.3 is 0 Å². The van der Waals surface area contributed by atoms with Gasteiger partial charge in [-0.25, -0.2) is 4.39 Å². The minimum Gasteiger partial charge on any atom is -0.354 e. The molecular formula is C17H20FN3O3. The molecular weight excluding hydrogens is 313 g/mol. The van der Waals surface area contributed by atoms with Gasteiger partial charge in [-0.05, 0) is 25.0 Å². The first kappa shape index (κ1) is 16.4. The van der Waals surface area contributed by atoms with E-state index in [0.29, 0.717) is 13.1 Å². The number of anilines is 1. The van der Waals surface area contributed by atoms with Crippen molar-refractivity contribution in [3.63, 3.8) is 0 Å². The molecule has 1 atom stereocenters. The van der Waals surface area contributed by atoms with Gasteiger partial charge in [0.25, 0.3) is 0 Å². The Hall–Kier alpha value is -2.44. The Morgan fingerprint density at radius 1 is 1.08 bits per heavy atom. The summed E-state index contributed by atoms with van der Waals surface area (Å²) in [4.78, 5) is 37.0. The molecule has 0 aromatic heterocycles. The van der Waals surface area contributed by atoms with Crippen LogP contribution >= 0.6 is 0 Å². The highest BCUT2D eigenvalue weighted by molar-refractivity contribution is 6.00. The number of hydrogen-bond donors (Lipinski definition) is 2. The molecule has 128 valence electrons. The van der Waals surface area contributed by atoms with Gasteiger partial charge in [0.2, 0.25) is 17.7 Å². The van der Waals surface area contributed by atoms with E-state index in [1.807, 2.05) is 0 Å². The fraction of sp³-hybridized carbons (Fsp3) is 0.471. The quantitative estimate of drug-likeness (QED) is 0.757. The zero-order chi connectivity index (χ0) is 17.1. The van der Waals surface area contributed by atoms with Gasteiger partial charge in [0, 0.05) is 32.0 Å². The SMILES string of the molecule is O=C(NCCNC(=O)[C@@H]1CC(=O)N(c2ccccc2F)C1)C1CC1. The molecule has 24 heavy (non-hydrogen) atoms. The van der Waals surface area contributed by atoms with Crippen LogP contribution in [0, 0.1) is 17.7 Å². The van der Waals surface area contributed by atoms with Crippen LogP contribution in [0.15, 0.2) is 24.3 Å². The van der Waals surface area contributed by atoms with Crippen LogP contribution in [-0.4, -0.2) is 37.4 Å². The number of carbonyl (C=O) groups excluding carboxylic acids is 3. The topological polar surface area (TPSA) is 78.5 Å². The van der Waals surface area contributed by atoms with Gasteiger partial charge in [-0.2, -0.15) is 0 Å². The first-order valence-electron chi connectivity index (χ1n) is 8.16. The van der Waals surface area contributed by atoms with Gasteiger partial charge in [-0.15, -0.1) is 0 Å². The summed E-state index contributed by atoms with van der Waals surface area (Å²) in [5, 5.41) is 5.48. The summed E-state index contributed by atoms with van der Waals surface area (Å²) in [7, 11) is 0. The van der Waals surface area contributed by atoms with Crippen molar-refractivity contribution in [2.45, 2.75) is 19.3 Å². The molecule has 3 amide bonds. The van der Waals surface area contributed by atoms with Crippen molar-refractivity contribution in [2.24, 2.45) is 11.8 Å². The zero-order valence-corrected chi connectivity index (χ0v) is 13.3. The fourth-order valence-electron chi connectivity index (χ4n) is 2.79. The molecule has 1 aliphatic heterocycles. The van der Waals surface area contributed by atoms with Gasteiger partial charge in [0.05, 0.1) is 11.6 Å². The highest BCUT2D eigenvalue weighted by Gasteiger charge is 2.36. The summed E-state index contributed by atoms with van der Waals surface area (Å²) in [6.07, 6.45) is 1.94. The molecule has 2 aliphatic rings. The smallest absolute Gasteiger partial charge is 0.227 e. The Bertz CT molecular complexity index is 660.